The molecule has 1 aromatic heterocycles. The molecule has 2 heterocycles. The van der Waals surface area contributed by atoms with Gasteiger partial charge in [0.05, 0.1) is 23.8 Å². The number of hydrogen-bond acceptors (Lipinski definition) is 6. The number of amides is 1. The molecule has 1 fully saturated rings. The Balaban J connectivity index is 1.62. The van der Waals surface area contributed by atoms with Crippen molar-refractivity contribution in [1.82, 2.24) is 14.7 Å². The average molecular weight is 659 g/mol. The molecular weight excluding hydrogens is 613 g/mol. The number of benzene rings is 2. The summed E-state index contributed by atoms with van der Waals surface area (Å²) in [5, 5.41) is 14.6. The zero-order valence-corrected chi connectivity index (χ0v) is 28.8. The van der Waals surface area contributed by atoms with Gasteiger partial charge >= 0.3 is 12.3 Å². The maximum absolute atomic E-state index is 14.1. The first-order valence-electron chi connectivity index (χ1n) is 15.7. The molecule has 0 aliphatic carbocycles. The van der Waals surface area contributed by atoms with E-state index in [1.54, 1.807) is 11.8 Å². The number of halogens is 3. The van der Waals surface area contributed by atoms with Gasteiger partial charge in [0.1, 0.15) is 24.1 Å². The first kappa shape index (κ1) is 35.5. The van der Waals surface area contributed by atoms with E-state index in [0.29, 0.717) is 32.5 Å². The molecule has 1 saturated heterocycles. The lowest BCUT2D eigenvalue weighted by Gasteiger charge is -2.42. The number of aromatic nitrogens is 2. The standard InChI is InChI=1S/C34H45F3N4O4Si/c1-24(44-22-33(25-11-9-8-10-12-25)13-15-40(16-14-33)31(42)45-32(2,3)4)27-19-26(34(35,36)37)20-28-29(21-38)41(39-30(27)28)23-43-17-18-46(5,6)7/h8-12,19-20,24H,13-18,22-23H2,1-7H3. The molecule has 0 bridgehead atoms. The van der Waals surface area contributed by atoms with Crippen molar-refractivity contribution in [1.29, 1.82) is 5.26 Å². The number of alkyl halides is 3. The van der Waals surface area contributed by atoms with E-state index in [1.807, 2.05) is 57.2 Å². The summed E-state index contributed by atoms with van der Waals surface area (Å²) in [7, 11) is -1.36. The van der Waals surface area contributed by atoms with Crippen LogP contribution < -0.4 is 0 Å². The minimum absolute atomic E-state index is 0.0119. The minimum Gasteiger partial charge on any atom is -0.444 e. The van der Waals surface area contributed by atoms with Gasteiger partial charge < -0.3 is 19.1 Å². The van der Waals surface area contributed by atoms with Crippen molar-refractivity contribution in [3.05, 3.63) is 64.8 Å². The van der Waals surface area contributed by atoms with Gasteiger partial charge in [-0.1, -0.05) is 50.0 Å². The molecule has 1 aliphatic rings. The molecule has 3 aromatic rings. The molecule has 1 atom stereocenters. The molecular formula is C34H45F3N4O4Si. The Labute approximate surface area is 270 Å². The van der Waals surface area contributed by atoms with Crippen LogP contribution in [0.2, 0.25) is 25.7 Å². The summed E-state index contributed by atoms with van der Waals surface area (Å²) in [6, 6.07) is 14.8. The van der Waals surface area contributed by atoms with E-state index in [1.165, 1.54) is 4.68 Å². The lowest BCUT2D eigenvalue weighted by molar-refractivity contribution is -0.137. The van der Waals surface area contributed by atoms with Crippen LogP contribution in [0.5, 0.6) is 0 Å². The number of carbonyl (C=O) groups is 1. The van der Waals surface area contributed by atoms with Gasteiger partial charge in [0.2, 0.25) is 0 Å². The summed E-state index contributed by atoms with van der Waals surface area (Å²) >= 11 is 0. The molecule has 0 radical (unpaired) electrons. The van der Waals surface area contributed by atoms with Crippen LogP contribution in [0.25, 0.3) is 10.9 Å². The van der Waals surface area contributed by atoms with Crippen LogP contribution in [-0.4, -0.2) is 60.8 Å². The fraction of sp³-hybridized carbons (Fsp3) is 0.559. The SMILES string of the molecule is CC(OCC1(c2ccccc2)CCN(C(=O)OC(C)(C)C)CC1)c1cc(C(F)(F)F)cc2c(C#N)n(COCC[Si](C)(C)C)nc12. The molecule has 4 rings (SSSR count). The van der Waals surface area contributed by atoms with Crippen LogP contribution in [0, 0.1) is 11.3 Å². The zero-order chi connectivity index (χ0) is 33.9. The van der Waals surface area contributed by atoms with E-state index in [-0.39, 0.29) is 41.6 Å². The number of nitriles is 1. The van der Waals surface area contributed by atoms with Crippen LogP contribution in [0.3, 0.4) is 0 Å². The van der Waals surface area contributed by atoms with Crippen LogP contribution in [0.1, 0.15) is 69.0 Å². The van der Waals surface area contributed by atoms with Gasteiger partial charge in [-0.3, -0.25) is 0 Å². The average Bonchev–Trinajstić information content (AvgIpc) is 3.34. The Morgan fingerprint density at radius 1 is 1.11 bits per heavy atom. The van der Waals surface area contributed by atoms with Gasteiger partial charge in [-0.15, -0.1) is 0 Å². The molecule has 46 heavy (non-hydrogen) atoms. The number of nitrogens with zero attached hydrogens (tertiary/aromatic N) is 4. The minimum atomic E-state index is -4.63. The highest BCUT2D eigenvalue weighted by molar-refractivity contribution is 6.76. The largest absolute Gasteiger partial charge is 0.444 e. The van der Waals surface area contributed by atoms with Gasteiger partial charge in [-0.2, -0.15) is 23.5 Å². The Morgan fingerprint density at radius 3 is 2.33 bits per heavy atom. The number of fused-ring (bicyclic) bond motifs is 1. The van der Waals surface area contributed by atoms with Gasteiger partial charge in [-0.25, -0.2) is 9.48 Å². The fourth-order valence-corrected chi connectivity index (χ4v) is 6.36. The maximum atomic E-state index is 14.1. The summed E-state index contributed by atoms with van der Waals surface area (Å²) in [5.41, 5.74) is -0.390. The Bertz CT molecular complexity index is 1550. The number of ether oxygens (including phenoxy) is 3. The summed E-state index contributed by atoms with van der Waals surface area (Å²) in [4.78, 5) is 14.5. The van der Waals surface area contributed by atoms with Crippen molar-refractivity contribution in [2.24, 2.45) is 0 Å². The summed E-state index contributed by atoms with van der Waals surface area (Å²) in [5.74, 6) is 0. The summed E-state index contributed by atoms with van der Waals surface area (Å²) in [6.07, 6.45) is -4.61. The molecule has 250 valence electrons. The Morgan fingerprint density at radius 2 is 1.76 bits per heavy atom. The second-order valence-corrected chi connectivity index (χ2v) is 20.0. The second-order valence-electron chi connectivity index (χ2n) is 14.3. The van der Waals surface area contributed by atoms with E-state index in [4.69, 9.17) is 14.2 Å². The van der Waals surface area contributed by atoms with Crippen LogP contribution in [0.15, 0.2) is 42.5 Å². The number of carbonyl (C=O) groups excluding carboxylic acids is 1. The van der Waals surface area contributed by atoms with E-state index in [0.717, 1.165) is 23.7 Å². The van der Waals surface area contributed by atoms with Crippen LogP contribution in [-0.2, 0) is 32.5 Å². The van der Waals surface area contributed by atoms with Crippen molar-refractivity contribution in [3.8, 4) is 6.07 Å². The van der Waals surface area contributed by atoms with E-state index in [9.17, 15) is 23.2 Å². The zero-order valence-electron chi connectivity index (χ0n) is 27.8. The van der Waals surface area contributed by atoms with Gasteiger partial charge in [0, 0.05) is 44.1 Å². The van der Waals surface area contributed by atoms with Gasteiger partial charge in [0.15, 0.2) is 0 Å². The lowest BCUT2D eigenvalue weighted by Crippen LogP contribution is -2.48. The summed E-state index contributed by atoms with van der Waals surface area (Å²) < 4.78 is 61.5. The molecule has 2 aromatic carbocycles. The van der Waals surface area contributed by atoms with Crippen molar-refractivity contribution in [2.45, 2.75) is 96.2 Å². The highest BCUT2D eigenvalue weighted by Crippen LogP contribution is 2.40. The maximum Gasteiger partial charge on any atom is 0.416 e. The third kappa shape index (κ3) is 8.69. The molecule has 1 aliphatic heterocycles. The van der Waals surface area contributed by atoms with E-state index >= 15 is 0 Å². The molecule has 1 amide bonds. The number of rotatable bonds is 10. The number of likely N-dealkylation sites (tertiary alicyclic amines) is 1. The van der Waals surface area contributed by atoms with E-state index in [2.05, 4.69) is 24.7 Å². The monoisotopic (exact) mass is 658 g/mol. The first-order chi connectivity index (χ1) is 21.4. The highest BCUT2D eigenvalue weighted by Gasteiger charge is 2.40. The fourth-order valence-electron chi connectivity index (χ4n) is 5.60. The van der Waals surface area contributed by atoms with Gasteiger partial charge in [-0.05, 0) is 64.3 Å². The number of hydrogen-bond donors (Lipinski definition) is 0. The predicted octanol–water partition coefficient (Wildman–Crippen LogP) is 8.29. The van der Waals surface area contributed by atoms with Crippen molar-refractivity contribution < 1.29 is 32.2 Å². The Hall–Kier alpha value is -3.40. The predicted molar refractivity (Wildman–Crippen MR) is 173 cm³/mol. The normalized spacial score (nSPS) is 16.3. The molecule has 0 N–H and O–H groups in total. The topological polar surface area (TPSA) is 89.6 Å². The third-order valence-corrected chi connectivity index (χ3v) is 10.0. The lowest BCUT2D eigenvalue weighted by atomic mass is 9.73. The molecule has 8 nitrogen and oxygen atoms in total. The molecule has 0 spiro atoms. The van der Waals surface area contributed by atoms with Crippen molar-refractivity contribution >= 4 is 25.1 Å². The molecule has 1 unspecified atom stereocenters. The summed E-state index contributed by atoms with van der Waals surface area (Å²) in [6.45, 7) is 15.4. The molecule has 12 heteroatoms. The Kier molecular flexibility index (Phi) is 10.6. The van der Waals surface area contributed by atoms with Crippen molar-refractivity contribution in [2.75, 3.05) is 26.3 Å². The smallest absolute Gasteiger partial charge is 0.416 e. The number of piperidine rings is 1. The van der Waals surface area contributed by atoms with Crippen molar-refractivity contribution in [3.63, 3.8) is 0 Å². The second kappa shape index (κ2) is 13.8. The highest BCUT2D eigenvalue weighted by atomic mass is 28.3. The van der Waals surface area contributed by atoms with Crippen LogP contribution in [0.4, 0.5) is 18.0 Å². The van der Waals surface area contributed by atoms with E-state index < -0.39 is 36.9 Å². The van der Waals surface area contributed by atoms with Crippen LogP contribution >= 0.6 is 0 Å². The quantitative estimate of drug-likeness (QED) is 0.161. The first-order valence-corrected chi connectivity index (χ1v) is 19.4. The van der Waals surface area contributed by atoms with Gasteiger partial charge in [0.25, 0.3) is 0 Å². The third-order valence-electron chi connectivity index (χ3n) is 8.32. The molecule has 0 saturated carbocycles.